The lowest BCUT2D eigenvalue weighted by molar-refractivity contribution is -0.116. The van der Waals surface area contributed by atoms with Gasteiger partial charge in [-0.05, 0) is 41.5 Å². The van der Waals surface area contributed by atoms with Gasteiger partial charge >= 0.3 is 0 Å². The van der Waals surface area contributed by atoms with Crippen molar-refractivity contribution >= 4 is 12.0 Å². The van der Waals surface area contributed by atoms with Gasteiger partial charge < -0.3 is 5.32 Å². The highest BCUT2D eigenvalue weighted by Gasteiger charge is 2.17. The monoisotopic (exact) mass is 284 g/mol. The van der Waals surface area contributed by atoms with Crippen molar-refractivity contribution < 1.29 is 4.79 Å². The van der Waals surface area contributed by atoms with E-state index >= 15 is 0 Å². The van der Waals surface area contributed by atoms with Crippen LogP contribution >= 0.6 is 0 Å². The molecule has 1 N–H and O–H groups in total. The first kappa shape index (κ1) is 17.0. The highest BCUT2D eigenvalue weighted by Crippen LogP contribution is 2.19. The minimum absolute atomic E-state index is 0.0938. The summed E-state index contributed by atoms with van der Waals surface area (Å²) in [5.74, 6) is 1.47. The summed E-state index contributed by atoms with van der Waals surface area (Å²) in [6.07, 6.45) is 3.25. The first-order valence-electron chi connectivity index (χ1n) is 7.40. The Hall–Kier alpha value is -2.08. The molecule has 0 aromatic heterocycles. The molecule has 0 spiro atoms. The standard InChI is InChI=1S/C18H24N2O/c1-13(2)17(14(3)4)12-20-18(21)9-8-15-6-5-7-16(10-15)11-19/h5-10,13-14,17H,12H2,1-4H3,(H,20,21)/b9-8+. The molecule has 0 unspecified atom stereocenters. The zero-order valence-electron chi connectivity index (χ0n) is 13.3. The highest BCUT2D eigenvalue weighted by molar-refractivity contribution is 5.91. The normalized spacial score (nSPS) is 11.3. The van der Waals surface area contributed by atoms with Crippen LogP contribution in [0.25, 0.3) is 6.08 Å². The summed E-state index contributed by atoms with van der Waals surface area (Å²) in [4.78, 5) is 11.9. The lowest BCUT2D eigenvalue weighted by atomic mass is 9.85. The van der Waals surface area contributed by atoms with Crippen molar-refractivity contribution in [3.05, 3.63) is 41.5 Å². The van der Waals surface area contributed by atoms with E-state index in [2.05, 4.69) is 39.1 Å². The van der Waals surface area contributed by atoms with E-state index in [1.807, 2.05) is 12.1 Å². The lowest BCUT2D eigenvalue weighted by Crippen LogP contribution is -2.32. The average molecular weight is 284 g/mol. The second kappa shape index (κ2) is 8.26. The van der Waals surface area contributed by atoms with Gasteiger partial charge in [-0.15, -0.1) is 0 Å². The van der Waals surface area contributed by atoms with Gasteiger partial charge in [0, 0.05) is 12.6 Å². The van der Waals surface area contributed by atoms with Gasteiger partial charge in [0.05, 0.1) is 11.6 Å². The topological polar surface area (TPSA) is 52.9 Å². The van der Waals surface area contributed by atoms with Crippen LogP contribution in [0.2, 0.25) is 0 Å². The number of hydrogen-bond acceptors (Lipinski definition) is 2. The summed E-state index contributed by atoms with van der Waals surface area (Å²) in [6.45, 7) is 9.41. The molecule has 0 aliphatic carbocycles. The SMILES string of the molecule is CC(C)C(CNC(=O)/C=C/c1cccc(C#N)c1)C(C)C. The molecular formula is C18H24N2O. The van der Waals surface area contributed by atoms with Gasteiger partial charge in [-0.2, -0.15) is 5.26 Å². The van der Waals surface area contributed by atoms with E-state index in [0.717, 1.165) is 5.56 Å². The van der Waals surface area contributed by atoms with Crippen molar-refractivity contribution in [2.45, 2.75) is 27.7 Å². The molecule has 21 heavy (non-hydrogen) atoms. The predicted octanol–water partition coefficient (Wildman–Crippen LogP) is 3.62. The van der Waals surface area contributed by atoms with Gasteiger partial charge in [0.15, 0.2) is 0 Å². The summed E-state index contributed by atoms with van der Waals surface area (Å²) in [7, 11) is 0. The number of amides is 1. The van der Waals surface area contributed by atoms with Crippen molar-refractivity contribution in [1.29, 1.82) is 5.26 Å². The summed E-state index contributed by atoms with van der Waals surface area (Å²) in [6, 6.07) is 9.27. The number of rotatable bonds is 6. The molecule has 1 amide bonds. The molecule has 0 radical (unpaired) electrons. The van der Waals surface area contributed by atoms with Crippen molar-refractivity contribution in [2.24, 2.45) is 17.8 Å². The van der Waals surface area contributed by atoms with Gasteiger partial charge in [0.1, 0.15) is 0 Å². The molecule has 1 rings (SSSR count). The number of hydrogen-bond donors (Lipinski definition) is 1. The quantitative estimate of drug-likeness (QED) is 0.811. The number of benzene rings is 1. The van der Waals surface area contributed by atoms with Gasteiger partial charge in [-0.3, -0.25) is 4.79 Å². The molecule has 0 heterocycles. The highest BCUT2D eigenvalue weighted by atomic mass is 16.1. The minimum atomic E-state index is -0.0938. The maximum absolute atomic E-state index is 11.9. The maximum Gasteiger partial charge on any atom is 0.244 e. The molecule has 3 nitrogen and oxygen atoms in total. The van der Waals surface area contributed by atoms with E-state index in [9.17, 15) is 4.79 Å². The molecule has 0 saturated heterocycles. The Morgan fingerprint density at radius 2 is 1.95 bits per heavy atom. The van der Waals surface area contributed by atoms with Crippen LogP contribution in [0.4, 0.5) is 0 Å². The molecule has 1 aromatic carbocycles. The van der Waals surface area contributed by atoms with Crippen LogP contribution in [0.1, 0.15) is 38.8 Å². The molecule has 0 fully saturated rings. The van der Waals surface area contributed by atoms with E-state index < -0.39 is 0 Å². The van der Waals surface area contributed by atoms with Gasteiger partial charge in [0.25, 0.3) is 0 Å². The Balaban J connectivity index is 2.57. The average Bonchev–Trinajstić information content (AvgIpc) is 2.44. The van der Waals surface area contributed by atoms with Crippen LogP contribution < -0.4 is 5.32 Å². The third-order valence-corrected chi connectivity index (χ3v) is 3.67. The Morgan fingerprint density at radius 3 is 2.52 bits per heavy atom. The zero-order chi connectivity index (χ0) is 15.8. The first-order chi connectivity index (χ1) is 9.93. The van der Waals surface area contributed by atoms with Crippen molar-refractivity contribution in [1.82, 2.24) is 5.32 Å². The maximum atomic E-state index is 11.9. The Kier molecular flexibility index (Phi) is 6.68. The summed E-state index contributed by atoms with van der Waals surface area (Å²) >= 11 is 0. The van der Waals surface area contributed by atoms with Crippen molar-refractivity contribution in [2.75, 3.05) is 6.54 Å². The molecular weight excluding hydrogens is 260 g/mol. The lowest BCUT2D eigenvalue weighted by Gasteiger charge is -2.24. The summed E-state index contributed by atoms with van der Waals surface area (Å²) < 4.78 is 0. The van der Waals surface area contributed by atoms with E-state index in [4.69, 9.17) is 5.26 Å². The van der Waals surface area contributed by atoms with E-state index in [-0.39, 0.29) is 5.91 Å². The van der Waals surface area contributed by atoms with Crippen LogP contribution in [-0.2, 0) is 4.79 Å². The number of nitriles is 1. The second-order valence-electron chi connectivity index (χ2n) is 5.97. The molecule has 0 atom stereocenters. The number of carbonyl (C=O) groups is 1. The third kappa shape index (κ3) is 5.83. The van der Waals surface area contributed by atoms with Crippen molar-refractivity contribution in [3.63, 3.8) is 0 Å². The van der Waals surface area contributed by atoms with Crippen LogP contribution in [0.5, 0.6) is 0 Å². The van der Waals surface area contributed by atoms with Gasteiger partial charge in [0.2, 0.25) is 5.91 Å². The van der Waals surface area contributed by atoms with Crippen molar-refractivity contribution in [3.8, 4) is 6.07 Å². The van der Waals surface area contributed by atoms with E-state index in [1.165, 1.54) is 6.08 Å². The van der Waals surface area contributed by atoms with Crippen LogP contribution in [0.15, 0.2) is 30.3 Å². The Bertz CT molecular complexity index is 530. The summed E-state index contributed by atoms with van der Waals surface area (Å²) in [5.41, 5.74) is 1.45. The van der Waals surface area contributed by atoms with Crippen LogP contribution in [0, 0.1) is 29.1 Å². The van der Waals surface area contributed by atoms with E-state index in [1.54, 1.807) is 18.2 Å². The fourth-order valence-electron chi connectivity index (χ4n) is 2.40. The fourth-order valence-corrected chi connectivity index (χ4v) is 2.40. The van der Waals surface area contributed by atoms with Crippen LogP contribution in [0.3, 0.4) is 0 Å². The molecule has 3 heteroatoms. The fraction of sp³-hybridized carbons (Fsp3) is 0.444. The molecule has 112 valence electrons. The largest absolute Gasteiger partial charge is 0.352 e. The van der Waals surface area contributed by atoms with Gasteiger partial charge in [-0.25, -0.2) is 0 Å². The molecule has 0 saturated carbocycles. The molecule has 0 bridgehead atoms. The van der Waals surface area contributed by atoms with Crippen LogP contribution in [-0.4, -0.2) is 12.5 Å². The zero-order valence-corrected chi connectivity index (χ0v) is 13.3. The molecule has 0 aliphatic heterocycles. The molecule has 1 aromatic rings. The van der Waals surface area contributed by atoms with E-state index in [0.29, 0.717) is 29.9 Å². The second-order valence-corrected chi connectivity index (χ2v) is 5.97. The first-order valence-corrected chi connectivity index (χ1v) is 7.40. The van der Waals surface area contributed by atoms with Gasteiger partial charge in [-0.1, -0.05) is 39.8 Å². The third-order valence-electron chi connectivity index (χ3n) is 3.67. The number of nitrogens with one attached hydrogen (secondary N) is 1. The predicted molar refractivity (Wildman–Crippen MR) is 86.4 cm³/mol. The number of nitrogens with zero attached hydrogens (tertiary/aromatic N) is 1. The number of carbonyl (C=O) groups excluding carboxylic acids is 1. The minimum Gasteiger partial charge on any atom is -0.352 e. The Labute approximate surface area is 127 Å². The Morgan fingerprint density at radius 1 is 1.29 bits per heavy atom. The summed E-state index contributed by atoms with van der Waals surface area (Å²) in [5, 5.41) is 11.8. The molecule has 0 aliphatic rings. The smallest absolute Gasteiger partial charge is 0.244 e.